The number of nitrogens with one attached hydrogen (secondary N) is 3. The summed E-state index contributed by atoms with van der Waals surface area (Å²) in [7, 11) is 0. The predicted octanol–water partition coefficient (Wildman–Crippen LogP) is 3.92. The van der Waals surface area contributed by atoms with Crippen molar-refractivity contribution >= 4 is 27.7 Å². The van der Waals surface area contributed by atoms with Crippen LogP contribution in [-0.2, 0) is 0 Å². The van der Waals surface area contributed by atoms with Crippen LogP contribution in [0.4, 0.5) is 0 Å². The monoisotopic (exact) mass is 374 g/mol. The van der Waals surface area contributed by atoms with Gasteiger partial charge in [-0.2, -0.15) is 0 Å². The lowest BCUT2D eigenvalue weighted by Gasteiger charge is -2.22. The lowest BCUT2D eigenvalue weighted by atomic mass is 9.97. The number of carbonyl (C=O) groups is 1. The highest BCUT2D eigenvalue weighted by atomic mass is 16.2. The van der Waals surface area contributed by atoms with Crippen LogP contribution in [0.1, 0.15) is 42.5 Å². The first-order valence-corrected chi connectivity index (χ1v) is 9.44. The third-order valence-corrected chi connectivity index (χ3v) is 5.26. The predicted molar refractivity (Wildman–Crippen MR) is 110 cm³/mol. The van der Waals surface area contributed by atoms with Crippen molar-refractivity contribution in [1.82, 2.24) is 20.3 Å². The normalized spacial score (nSPS) is 13.5. The van der Waals surface area contributed by atoms with Gasteiger partial charge in [-0.25, -0.2) is 4.98 Å². The van der Waals surface area contributed by atoms with Crippen LogP contribution < -0.4 is 10.9 Å². The summed E-state index contributed by atoms with van der Waals surface area (Å²) < 4.78 is 0. The van der Waals surface area contributed by atoms with E-state index in [1.807, 2.05) is 30.3 Å². The van der Waals surface area contributed by atoms with Crippen molar-refractivity contribution in [2.24, 2.45) is 5.92 Å². The van der Waals surface area contributed by atoms with E-state index in [4.69, 9.17) is 0 Å². The lowest BCUT2D eigenvalue weighted by Crippen LogP contribution is -2.33. The number of rotatable bonds is 5. The molecule has 0 saturated carbocycles. The molecule has 2 aromatic carbocycles. The average Bonchev–Trinajstić information content (AvgIpc) is 3.15. The molecule has 0 bridgehead atoms. The van der Waals surface area contributed by atoms with E-state index in [1.165, 1.54) is 6.20 Å². The van der Waals surface area contributed by atoms with Gasteiger partial charge >= 0.3 is 0 Å². The van der Waals surface area contributed by atoms with E-state index in [9.17, 15) is 9.59 Å². The van der Waals surface area contributed by atoms with E-state index >= 15 is 0 Å². The van der Waals surface area contributed by atoms with Crippen LogP contribution in [0.25, 0.3) is 21.8 Å². The zero-order valence-electron chi connectivity index (χ0n) is 15.8. The zero-order valence-corrected chi connectivity index (χ0v) is 15.8. The number of aromatic amines is 2. The van der Waals surface area contributed by atoms with Crippen molar-refractivity contribution in [3.63, 3.8) is 0 Å². The molecule has 2 atom stereocenters. The van der Waals surface area contributed by atoms with E-state index in [0.717, 1.165) is 23.3 Å². The number of H-pyrrole nitrogens is 2. The highest BCUT2D eigenvalue weighted by molar-refractivity contribution is 6.06. The van der Waals surface area contributed by atoms with Gasteiger partial charge in [-0.15, -0.1) is 0 Å². The molecule has 3 N–H and O–H groups in total. The lowest BCUT2D eigenvalue weighted by molar-refractivity contribution is 0.0922. The van der Waals surface area contributed by atoms with Crippen molar-refractivity contribution in [3.8, 4) is 0 Å². The summed E-state index contributed by atoms with van der Waals surface area (Å²) in [5, 5.41) is 4.25. The molecule has 6 heteroatoms. The number of imidazole rings is 1. The van der Waals surface area contributed by atoms with Gasteiger partial charge in [0, 0.05) is 17.0 Å². The summed E-state index contributed by atoms with van der Waals surface area (Å²) in [6, 6.07) is 14.7. The molecule has 0 fully saturated rings. The van der Waals surface area contributed by atoms with Crippen molar-refractivity contribution < 1.29 is 4.79 Å². The second-order valence-electron chi connectivity index (χ2n) is 7.05. The van der Waals surface area contributed by atoms with Crippen LogP contribution in [0, 0.1) is 5.92 Å². The molecule has 2 aromatic heterocycles. The minimum atomic E-state index is -0.268. The van der Waals surface area contributed by atoms with Crippen LogP contribution >= 0.6 is 0 Å². The minimum absolute atomic E-state index is 0.179. The smallest absolute Gasteiger partial charge is 0.255 e. The number of hydrogen-bond acceptors (Lipinski definition) is 3. The summed E-state index contributed by atoms with van der Waals surface area (Å²) >= 11 is 0. The Morgan fingerprint density at radius 2 is 1.82 bits per heavy atom. The highest BCUT2D eigenvalue weighted by Gasteiger charge is 2.25. The Morgan fingerprint density at radius 3 is 2.57 bits per heavy atom. The maximum atomic E-state index is 13.1. The average molecular weight is 374 g/mol. The Kier molecular flexibility index (Phi) is 4.69. The number of para-hydroxylation sites is 2. The molecule has 0 spiro atoms. The van der Waals surface area contributed by atoms with Gasteiger partial charge in [-0.05, 0) is 24.1 Å². The number of pyridine rings is 1. The van der Waals surface area contributed by atoms with Crippen molar-refractivity contribution in [2.75, 3.05) is 0 Å². The van der Waals surface area contributed by atoms with Crippen LogP contribution in [0.15, 0.2) is 59.5 Å². The van der Waals surface area contributed by atoms with E-state index in [2.05, 4.69) is 34.1 Å². The van der Waals surface area contributed by atoms with Gasteiger partial charge in [-0.1, -0.05) is 50.6 Å². The van der Waals surface area contributed by atoms with Gasteiger partial charge in [0.05, 0.1) is 22.6 Å². The van der Waals surface area contributed by atoms with Gasteiger partial charge in [0.15, 0.2) is 0 Å². The molecule has 0 saturated heterocycles. The maximum Gasteiger partial charge on any atom is 0.255 e. The van der Waals surface area contributed by atoms with E-state index < -0.39 is 0 Å². The molecule has 142 valence electrons. The fourth-order valence-corrected chi connectivity index (χ4v) is 3.45. The summed E-state index contributed by atoms with van der Waals surface area (Å²) in [4.78, 5) is 35.8. The Bertz CT molecular complexity index is 1170. The maximum absolute atomic E-state index is 13.1. The number of nitrogens with zero attached hydrogens (tertiary/aromatic N) is 1. The molecule has 0 unspecified atom stereocenters. The second-order valence-corrected chi connectivity index (χ2v) is 7.05. The fraction of sp³-hybridized carbons (Fsp3) is 0.227. The Labute approximate surface area is 162 Å². The van der Waals surface area contributed by atoms with E-state index in [0.29, 0.717) is 16.3 Å². The molecule has 0 aliphatic heterocycles. The van der Waals surface area contributed by atoms with Crippen molar-refractivity contribution in [2.45, 2.75) is 26.3 Å². The first-order chi connectivity index (χ1) is 13.6. The van der Waals surface area contributed by atoms with Gasteiger partial charge in [0.25, 0.3) is 11.5 Å². The van der Waals surface area contributed by atoms with Gasteiger partial charge in [-0.3, -0.25) is 9.59 Å². The van der Waals surface area contributed by atoms with E-state index in [1.54, 1.807) is 18.2 Å². The summed E-state index contributed by atoms with van der Waals surface area (Å²) in [5.74, 6) is 0.675. The van der Waals surface area contributed by atoms with E-state index in [-0.39, 0.29) is 23.4 Å². The summed E-state index contributed by atoms with van der Waals surface area (Å²) in [6.07, 6.45) is 2.36. The molecule has 2 heterocycles. The summed E-state index contributed by atoms with van der Waals surface area (Å²) in [6.45, 7) is 4.17. The first-order valence-electron chi connectivity index (χ1n) is 9.44. The molecule has 4 aromatic rings. The van der Waals surface area contributed by atoms with Crippen LogP contribution in [0.5, 0.6) is 0 Å². The number of benzene rings is 2. The zero-order chi connectivity index (χ0) is 19.7. The molecule has 4 rings (SSSR count). The molecular weight excluding hydrogens is 352 g/mol. The third kappa shape index (κ3) is 3.17. The molecule has 0 aliphatic rings. The largest absolute Gasteiger partial charge is 0.342 e. The van der Waals surface area contributed by atoms with Crippen molar-refractivity contribution in [1.29, 1.82) is 0 Å². The van der Waals surface area contributed by atoms with Crippen molar-refractivity contribution in [3.05, 3.63) is 76.5 Å². The standard InChI is InChI=1S/C22H22N4O2/c1-3-13(2)19(20-24-17-10-6-7-11-18(17)25-20)26-22(28)16-12-23-21(27)15-9-5-4-8-14(15)16/h4-13,19H,3H2,1-2H3,(H,23,27)(H,24,25)(H,26,28)/t13-,19+/m1/s1. The molecule has 0 aliphatic carbocycles. The minimum Gasteiger partial charge on any atom is -0.342 e. The third-order valence-electron chi connectivity index (χ3n) is 5.26. The number of amides is 1. The van der Waals surface area contributed by atoms with Gasteiger partial charge in [0.1, 0.15) is 5.82 Å². The fourth-order valence-electron chi connectivity index (χ4n) is 3.45. The Hall–Kier alpha value is -3.41. The Morgan fingerprint density at radius 1 is 1.11 bits per heavy atom. The van der Waals surface area contributed by atoms with Crippen LogP contribution in [0.2, 0.25) is 0 Å². The number of fused-ring (bicyclic) bond motifs is 2. The topological polar surface area (TPSA) is 90.6 Å². The van der Waals surface area contributed by atoms with Crippen LogP contribution in [-0.4, -0.2) is 20.9 Å². The van der Waals surface area contributed by atoms with Crippen LogP contribution in [0.3, 0.4) is 0 Å². The molecule has 1 amide bonds. The number of aromatic nitrogens is 3. The molecule has 0 radical (unpaired) electrons. The number of hydrogen-bond donors (Lipinski definition) is 3. The van der Waals surface area contributed by atoms with Gasteiger partial charge in [0.2, 0.25) is 0 Å². The first kappa shape index (κ1) is 18.0. The molecule has 28 heavy (non-hydrogen) atoms. The highest BCUT2D eigenvalue weighted by Crippen LogP contribution is 2.25. The number of carbonyl (C=O) groups excluding carboxylic acids is 1. The Balaban J connectivity index is 1.72. The SMILES string of the molecule is CC[C@@H](C)[C@H](NC(=O)c1c[nH]c(=O)c2ccccc12)c1nc2ccccc2[nH]1. The molecule has 6 nitrogen and oxygen atoms in total. The second kappa shape index (κ2) is 7.31. The quantitative estimate of drug-likeness (QED) is 0.494. The van der Waals surface area contributed by atoms with Gasteiger partial charge < -0.3 is 15.3 Å². The summed E-state index contributed by atoms with van der Waals surface area (Å²) in [5.41, 5.74) is 2.05. The molecular formula is C22H22N4O2.